The number of hydrogen-bond acceptors (Lipinski definition) is 4. The third-order valence-electron chi connectivity index (χ3n) is 5.42. The zero-order valence-electron chi connectivity index (χ0n) is 17.1. The minimum absolute atomic E-state index is 0.0963. The van der Waals surface area contributed by atoms with Crippen molar-refractivity contribution in [2.24, 2.45) is 0 Å². The summed E-state index contributed by atoms with van der Waals surface area (Å²) in [4.78, 5) is 25.2. The van der Waals surface area contributed by atoms with E-state index in [1.54, 1.807) is 11.0 Å². The Bertz CT molecular complexity index is 1060. The van der Waals surface area contributed by atoms with E-state index in [2.05, 4.69) is 20.2 Å². The zero-order valence-corrected chi connectivity index (χ0v) is 17.1. The number of carbonyl (C=O) groups is 1. The first-order valence-electron chi connectivity index (χ1n) is 9.96. The average Bonchev–Trinajstić information content (AvgIpc) is 2.76. The summed E-state index contributed by atoms with van der Waals surface area (Å²) in [5.41, 5.74) is 4.54. The highest BCUT2D eigenvalue weighted by atomic mass is 19.1. The predicted molar refractivity (Wildman–Crippen MR) is 116 cm³/mol. The van der Waals surface area contributed by atoms with Crippen LogP contribution in [-0.4, -0.2) is 47.1 Å². The second-order valence-electron chi connectivity index (χ2n) is 7.48. The van der Waals surface area contributed by atoms with Crippen molar-refractivity contribution in [2.75, 3.05) is 36.4 Å². The summed E-state index contributed by atoms with van der Waals surface area (Å²) >= 11 is 0. The van der Waals surface area contributed by atoms with E-state index in [1.807, 2.05) is 44.2 Å². The van der Waals surface area contributed by atoms with Crippen LogP contribution in [0.3, 0.4) is 0 Å². The lowest BCUT2D eigenvalue weighted by Crippen LogP contribution is -2.50. The lowest BCUT2D eigenvalue weighted by molar-refractivity contribution is 0.208. The van der Waals surface area contributed by atoms with Crippen LogP contribution in [0.2, 0.25) is 0 Å². The fourth-order valence-corrected chi connectivity index (χ4v) is 3.49. The van der Waals surface area contributed by atoms with Gasteiger partial charge in [-0.15, -0.1) is 0 Å². The molecule has 1 N–H and O–H groups in total. The molecule has 0 atom stereocenters. The van der Waals surface area contributed by atoms with Gasteiger partial charge in [-0.05, 0) is 49.2 Å². The molecule has 2 amide bonds. The normalized spacial score (nSPS) is 14.0. The maximum absolute atomic E-state index is 13.5. The summed E-state index contributed by atoms with van der Waals surface area (Å²) in [5, 5.41) is 2.98. The molecule has 3 aromatic rings. The molecule has 0 radical (unpaired) electrons. The summed E-state index contributed by atoms with van der Waals surface area (Å²) in [7, 11) is 0. The molecule has 154 valence electrons. The molecule has 1 aromatic heterocycles. The molecule has 0 unspecified atom stereocenters. The smallest absolute Gasteiger partial charge is 0.321 e. The number of benzene rings is 2. The quantitative estimate of drug-likeness (QED) is 0.708. The summed E-state index contributed by atoms with van der Waals surface area (Å²) in [6.45, 7) is 6.60. The molecule has 2 aromatic carbocycles. The minimum atomic E-state index is -0.295. The molecule has 4 rings (SSSR count). The Morgan fingerprint density at radius 1 is 0.967 bits per heavy atom. The number of rotatable bonds is 3. The highest BCUT2D eigenvalue weighted by Gasteiger charge is 2.22. The van der Waals surface area contributed by atoms with E-state index in [1.165, 1.54) is 24.0 Å². The highest BCUT2D eigenvalue weighted by Crippen LogP contribution is 2.22. The standard InChI is InChI=1S/C23H24FN5O/c1-16-6-7-20(12-17(16)2)27-23(30)29-10-8-28(9-11-29)22-14-21(25-15-26-22)18-4-3-5-19(24)13-18/h3-7,12-15H,8-11H2,1-2H3,(H,27,30). The Balaban J connectivity index is 1.39. The van der Waals surface area contributed by atoms with Crippen LogP contribution in [0.25, 0.3) is 11.3 Å². The van der Waals surface area contributed by atoms with Gasteiger partial charge in [-0.2, -0.15) is 0 Å². The van der Waals surface area contributed by atoms with E-state index in [0.29, 0.717) is 37.4 Å². The van der Waals surface area contributed by atoms with Crippen molar-refractivity contribution in [3.8, 4) is 11.3 Å². The fraction of sp³-hybridized carbons (Fsp3) is 0.261. The summed E-state index contributed by atoms with van der Waals surface area (Å²) < 4.78 is 13.5. The number of amides is 2. The molecule has 1 aliphatic heterocycles. The maximum atomic E-state index is 13.5. The minimum Gasteiger partial charge on any atom is -0.353 e. The number of aryl methyl sites for hydroxylation is 2. The summed E-state index contributed by atoms with van der Waals surface area (Å²) in [6, 6.07) is 14.0. The molecular formula is C23H24FN5O. The van der Waals surface area contributed by atoms with Gasteiger partial charge in [0, 0.05) is 43.5 Å². The van der Waals surface area contributed by atoms with Crippen LogP contribution < -0.4 is 10.2 Å². The SMILES string of the molecule is Cc1ccc(NC(=O)N2CCN(c3cc(-c4cccc(F)c4)ncn3)CC2)cc1C. The molecule has 6 nitrogen and oxygen atoms in total. The van der Waals surface area contributed by atoms with Gasteiger partial charge in [0.25, 0.3) is 0 Å². The van der Waals surface area contributed by atoms with Gasteiger partial charge < -0.3 is 15.1 Å². The predicted octanol–water partition coefficient (Wildman–Crippen LogP) is 4.25. The molecule has 0 spiro atoms. The molecule has 7 heteroatoms. The van der Waals surface area contributed by atoms with Crippen molar-refractivity contribution in [2.45, 2.75) is 13.8 Å². The lowest BCUT2D eigenvalue weighted by Gasteiger charge is -2.35. The molecule has 1 saturated heterocycles. The zero-order chi connectivity index (χ0) is 21.1. The van der Waals surface area contributed by atoms with Crippen molar-refractivity contribution in [1.29, 1.82) is 0 Å². The number of hydrogen-bond donors (Lipinski definition) is 1. The topological polar surface area (TPSA) is 61.4 Å². The van der Waals surface area contributed by atoms with Crippen LogP contribution in [0.15, 0.2) is 54.9 Å². The molecule has 0 aliphatic carbocycles. The van der Waals surface area contributed by atoms with Crippen LogP contribution >= 0.6 is 0 Å². The first-order valence-corrected chi connectivity index (χ1v) is 9.96. The van der Waals surface area contributed by atoms with Crippen LogP contribution in [-0.2, 0) is 0 Å². The van der Waals surface area contributed by atoms with Crippen molar-refractivity contribution in [3.63, 3.8) is 0 Å². The second-order valence-corrected chi connectivity index (χ2v) is 7.48. The molecule has 0 bridgehead atoms. The van der Waals surface area contributed by atoms with Crippen LogP contribution in [0.4, 0.5) is 20.7 Å². The first-order chi connectivity index (χ1) is 14.5. The van der Waals surface area contributed by atoms with Gasteiger partial charge in [-0.25, -0.2) is 19.2 Å². The largest absolute Gasteiger partial charge is 0.353 e. The molecule has 1 fully saturated rings. The molecule has 2 heterocycles. The molecule has 0 saturated carbocycles. The van der Waals surface area contributed by atoms with Crippen molar-refractivity contribution in [1.82, 2.24) is 14.9 Å². The fourth-order valence-electron chi connectivity index (χ4n) is 3.49. The third-order valence-corrected chi connectivity index (χ3v) is 5.42. The number of halogens is 1. The Hall–Kier alpha value is -3.48. The summed E-state index contributed by atoms with van der Waals surface area (Å²) in [5.74, 6) is 0.481. The summed E-state index contributed by atoms with van der Waals surface area (Å²) in [6.07, 6.45) is 1.49. The Labute approximate surface area is 175 Å². The Morgan fingerprint density at radius 2 is 1.77 bits per heavy atom. The Kier molecular flexibility index (Phi) is 5.61. The van der Waals surface area contributed by atoms with Crippen LogP contribution in [0.5, 0.6) is 0 Å². The van der Waals surface area contributed by atoms with Gasteiger partial charge in [0.15, 0.2) is 0 Å². The van der Waals surface area contributed by atoms with Crippen molar-refractivity contribution in [3.05, 3.63) is 71.8 Å². The van der Waals surface area contributed by atoms with Crippen LogP contribution in [0, 0.1) is 19.7 Å². The van der Waals surface area contributed by atoms with E-state index >= 15 is 0 Å². The number of nitrogens with one attached hydrogen (secondary N) is 1. The lowest BCUT2D eigenvalue weighted by atomic mass is 10.1. The molecule has 1 aliphatic rings. The van der Waals surface area contributed by atoms with Gasteiger partial charge in [0.05, 0.1) is 5.69 Å². The van der Waals surface area contributed by atoms with Crippen molar-refractivity contribution >= 4 is 17.5 Å². The van der Waals surface area contributed by atoms with E-state index in [9.17, 15) is 9.18 Å². The average molecular weight is 405 g/mol. The number of aromatic nitrogens is 2. The van der Waals surface area contributed by atoms with E-state index in [0.717, 1.165) is 17.1 Å². The van der Waals surface area contributed by atoms with E-state index in [-0.39, 0.29) is 11.8 Å². The van der Waals surface area contributed by atoms with Crippen LogP contribution in [0.1, 0.15) is 11.1 Å². The van der Waals surface area contributed by atoms with Gasteiger partial charge in [0.2, 0.25) is 0 Å². The number of nitrogens with zero attached hydrogens (tertiary/aromatic N) is 4. The number of carbonyl (C=O) groups excluding carboxylic acids is 1. The maximum Gasteiger partial charge on any atom is 0.321 e. The van der Waals surface area contributed by atoms with Crippen molar-refractivity contribution < 1.29 is 9.18 Å². The highest BCUT2D eigenvalue weighted by molar-refractivity contribution is 5.89. The Morgan fingerprint density at radius 3 is 2.50 bits per heavy atom. The van der Waals surface area contributed by atoms with Gasteiger partial charge in [-0.1, -0.05) is 18.2 Å². The number of piperazine rings is 1. The molecular weight excluding hydrogens is 381 g/mol. The number of anilines is 2. The van der Waals surface area contributed by atoms with Gasteiger partial charge >= 0.3 is 6.03 Å². The van der Waals surface area contributed by atoms with Gasteiger partial charge in [0.1, 0.15) is 18.0 Å². The number of urea groups is 1. The van der Waals surface area contributed by atoms with E-state index < -0.39 is 0 Å². The first kappa shape index (κ1) is 19.8. The third kappa shape index (κ3) is 4.40. The molecule has 30 heavy (non-hydrogen) atoms. The monoisotopic (exact) mass is 405 g/mol. The second kappa shape index (κ2) is 8.49. The van der Waals surface area contributed by atoms with E-state index in [4.69, 9.17) is 0 Å². The van der Waals surface area contributed by atoms with Gasteiger partial charge in [-0.3, -0.25) is 0 Å².